The van der Waals surface area contributed by atoms with Crippen molar-refractivity contribution in [3.63, 3.8) is 0 Å². The van der Waals surface area contributed by atoms with Gasteiger partial charge in [-0.2, -0.15) is 0 Å². The lowest BCUT2D eigenvalue weighted by Gasteiger charge is -2.36. The molecule has 0 spiro atoms. The average Bonchev–Trinajstić information content (AvgIpc) is 2.69. The molecule has 16 heavy (non-hydrogen) atoms. The van der Waals surface area contributed by atoms with E-state index in [0.717, 1.165) is 32.5 Å². The van der Waals surface area contributed by atoms with Crippen molar-refractivity contribution in [1.82, 2.24) is 10.6 Å². The van der Waals surface area contributed by atoms with Crippen LogP contribution >= 0.6 is 0 Å². The molecular weight excluding hydrogens is 200 g/mol. The summed E-state index contributed by atoms with van der Waals surface area (Å²) in [6.45, 7) is 5.20. The minimum absolute atomic E-state index is 0.434. The lowest BCUT2D eigenvalue weighted by Crippen LogP contribution is -2.46. The summed E-state index contributed by atoms with van der Waals surface area (Å²) < 4.78 is 0. The Labute approximate surface area is 99.0 Å². The molecule has 0 radical (unpaired) electrons. The van der Waals surface area contributed by atoms with Gasteiger partial charge in [-0.3, -0.25) is 0 Å². The maximum Gasteiger partial charge on any atom is 0.0774 e. The van der Waals surface area contributed by atoms with Crippen molar-refractivity contribution in [2.75, 3.05) is 19.6 Å². The normalized spacial score (nSPS) is 40.1. The van der Waals surface area contributed by atoms with E-state index in [1.807, 2.05) is 0 Å². The van der Waals surface area contributed by atoms with E-state index in [9.17, 15) is 5.11 Å². The summed E-state index contributed by atoms with van der Waals surface area (Å²) in [7, 11) is 0. The number of aliphatic hydroxyl groups is 1. The summed E-state index contributed by atoms with van der Waals surface area (Å²) in [6.07, 6.45) is 6.99. The quantitative estimate of drug-likeness (QED) is 0.676. The molecule has 1 saturated carbocycles. The van der Waals surface area contributed by atoms with Gasteiger partial charge >= 0.3 is 0 Å². The first-order chi connectivity index (χ1) is 7.68. The van der Waals surface area contributed by atoms with E-state index in [2.05, 4.69) is 17.6 Å². The Bertz CT molecular complexity index is 216. The Kier molecular flexibility index (Phi) is 4.22. The number of hydrogen-bond acceptors (Lipinski definition) is 3. The molecule has 0 aromatic rings. The maximum atomic E-state index is 10.4. The molecule has 3 atom stereocenters. The van der Waals surface area contributed by atoms with E-state index in [1.165, 1.54) is 25.7 Å². The van der Waals surface area contributed by atoms with Crippen LogP contribution in [0.15, 0.2) is 0 Å². The fourth-order valence-corrected chi connectivity index (χ4v) is 3.20. The largest absolute Gasteiger partial charge is 0.389 e. The third-order valence-corrected chi connectivity index (χ3v) is 4.07. The highest BCUT2D eigenvalue weighted by atomic mass is 16.3. The van der Waals surface area contributed by atoms with Gasteiger partial charge in [-0.05, 0) is 38.1 Å². The van der Waals surface area contributed by atoms with Crippen LogP contribution in [0.25, 0.3) is 0 Å². The second-order valence-corrected chi connectivity index (χ2v) is 5.85. The van der Waals surface area contributed by atoms with Gasteiger partial charge in [0.25, 0.3) is 0 Å². The Balaban J connectivity index is 1.67. The molecule has 3 heteroatoms. The molecule has 3 N–H and O–H groups in total. The van der Waals surface area contributed by atoms with Gasteiger partial charge in [0.05, 0.1) is 5.60 Å². The molecule has 1 heterocycles. The highest BCUT2D eigenvalue weighted by molar-refractivity contribution is 4.88. The molecule has 94 valence electrons. The summed E-state index contributed by atoms with van der Waals surface area (Å²) in [5.41, 5.74) is -0.434. The molecule has 2 aliphatic rings. The molecular formula is C13H26N2O. The zero-order chi connectivity index (χ0) is 11.4. The Morgan fingerprint density at radius 1 is 1.38 bits per heavy atom. The Morgan fingerprint density at radius 3 is 2.94 bits per heavy atom. The van der Waals surface area contributed by atoms with Gasteiger partial charge in [0, 0.05) is 19.1 Å². The van der Waals surface area contributed by atoms with Crippen LogP contribution < -0.4 is 10.6 Å². The minimum atomic E-state index is -0.434. The van der Waals surface area contributed by atoms with Gasteiger partial charge in [0.2, 0.25) is 0 Å². The van der Waals surface area contributed by atoms with Crippen molar-refractivity contribution < 1.29 is 5.11 Å². The van der Waals surface area contributed by atoms with Crippen molar-refractivity contribution in [3.05, 3.63) is 0 Å². The fraction of sp³-hybridized carbons (Fsp3) is 1.00. The topological polar surface area (TPSA) is 44.3 Å². The van der Waals surface area contributed by atoms with Gasteiger partial charge < -0.3 is 15.7 Å². The van der Waals surface area contributed by atoms with Crippen molar-refractivity contribution >= 4 is 0 Å². The van der Waals surface area contributed by atoms with Crippen LogP contribution in [0, 0.1) is 5.92 Å². The summed E-state index contributed by atoms with van der Waals surface area (Å²) >= 11 is 0. The van der Waals surface area contributed by atoms with Crippen LogP contribution in [0.4, 0.5) is 0 Å². The first kappa shape index (κ1) is 12.3. The van der Waals surface area contributed by atoms with Crippen molar-refractivity contribution in [1.29, 1.82) is 0 Å². The van der Waals surface area contributed by atoms with Crippen molar-refractivity contribution in [2.45, 2.75) is 57.1 Å². The molecule has 0 aromatic carbocycles. The molecule has 0 amide bonds. The fourth-order valence-electron chi connectivity index (χ4n) is 3.20. The summed E-state index contributed by atoms with van der Waals surface area (Å²) in [5.74, 6) is 0.685. The van der Waals surface area contributed by atoms with Crippen LogP contribution in [0.1, 0.15) is 45.4 Å². The summed E-state index contributed by atoms with van der Waals surface area (Å²) in [6, 6.07) is 0.629. The molecule has 1 aliphatic carbocycles. The second-order valence-electron chi connectivity index (χ2n) is 5.85. The van der Waals surface area contributed by atoms with Gasteiger partial charge in [-0.1, -0.05) is 19.8 Å². The molecule has 2 fully saturated rings. The SMILES string of the molecule is CC1CCCC(O)(CNCC2CCCN2)C1. The van der Waals surface area contributed by atoms with Gasteiger partial charge in [-0.15, -0.1) is 0 Å². The predicted octanol–water partition coefficient (Wildman–Crippen LogP) is 1.27. The monoisotopic (exact) mass is 226 g/mol. The molecule has 1 saturated heterocycles. The predicted molar refractivity (Wildman–Crippen MR) is 66.5 cm³/mol. The molecule has 3 unspecified atom stereocenters. The van der Waals surface area contributed by atoms with E-state index in [4.69, 9.17) is 0 Å². The first-order valence-corrected chi connectivity index (χ1v) is 6.84. The smallest absolute Gasteiger partial charge is 0.0774 e. The highest BCUT2D eigenvalue weighted by Gasteiger charge is 2.32. The van der Waals surface area contributed by atoms with E-state index >= 15 is 0 Å². The standard InChI is InChI=1S/C13H26N2O/c1-11-4-2-6-13(16,8-11)10-14-9-12-5-3-7-15-12/h11-12,14-16H,2-10H2,1H3. The highest BCUT2D eigenvalue weighted by Crippen LogP contribution is 2.31. The summed E-state index contributed by atoms with van der Waals surface area (Å²) in [4.78, 5) is 0. The minimum Gasteiger partial charge on any atom is -0.389 e. The number of nitrogens with one attached hydrogen (secondary N) is 2. The zero-order valence-corrected chi connectivity index (χ0v) is 10.5. The molecule has 0 aromatic heterocycles. The molecule has 0 bridgehead atoms. The summed E-state index contributed by atoms with van der Waals surface area (Å²) in [5, 5.41) is 17.3. The first-order valence-electron chi connectivity index (χ1n) is 6.84. The van der Waals surface area contributed by atoms with E-state index in [0.29, 0.717) is 12.0 Å². The lowest BCUT2D eigenvalue weighted by molar-refractivity contribution is -0.0118. The van der Waals surface area contributed by atoms with Crippen LogP contribution in [0.5, 0.6) is 0 Å². The second kappa shape index (κ2) is 5.48. The third kappa shape index (κ3) is 3.44. The van der Waals surface area contributed by atoms with Gasteiger partial charge in [-0.25, -0.2) is 0 Å². The maximum absolute atomic E-state index is 10.4. The van der Waals surface area contributed by atoms with Crippen LogP contribution in [0.3, 0.4) is 0 Å². The van der Waals surface area contributed by atoms with E-state index in [1.54, 1.807) is 0 Å². The lowest BCUT2D eigenvalue weighted by atomic mass is 9.79. The van der Waals surface area contributed by atoms with Crippen LogP contribution in [-0.4, -0.2) is 36.4 Å². The van der Waals surface area contributed by atoms with Crippen molar-refractivity contribution in [3.8, 4) is 0 Å². The number of hydrogen-bond donors (Lipinski definition) is 3. The zero-order valence-electron chi connectivity index (χ0n) is 10.5. The van der Waals surface area contributed by atoms with Crippen molar-refractivity contribution in [2.24, 2.45) is 5.92 Å². The Hall–Kier alpha value is -0.120. The molecule has 1 aliphatic heterocycles. The van der Waals surface area contributed by atoms with Gasteiger partial charge in [0.15, 0.2) is 0 Å². The molecule has 3 nitrogen and oxygen atoms in total. The van der Waals surface area contributed by atoms with Crippen LogP contribution in [-0.2, 0) is 0 Å². The number of rotatable bonds is 4. The average molecular weight is 226 g/mol. The Morgan fingerprint density at radius 2 is 2.25 bits per heavy atom. The van der Waals surface area contributed by atoms with Gasteiger partial charge in [0.1, 0.15) is 0 Å². The van der Waals surface area contributed by atoms with Crippen LogP contribution in [0.2, 0.25) is 0 Å². The molecule has 2 rings (SSSR count). The van der Waals surface area contributed by atoms with E-state index in [-0.39, 0.29) is 0 Å². The third-order valence-electron chi connectivity index (χ3n) is 4.07. The van der Waals surface area contributed by atoms with E-state index < -0.39 is 5.60 Å².